The van der Waals surface area contributed by atoms with Crippen molar-refractivity contribution in [2.75, 3.05) is 4.31 Å². The summed E-state index contributed by atoms with van der Waals surface area (Å²) in [5, 5.41) is 2.58. The predicted octanol–water partition coefficient (Wildman–Crippen LogP) is 5.42. The molecule has 3 nitrogen and oxygen atoms in total. The Labute approximate surface area is 145 Å². The minimum atomic E-state index is -4.98. The van der Waals surface area contributed by atoms with E-state index in [4.69, 9.17) is 0 Å². The second kappa shape index (κ2) is 7.35. The van der Waals surface area contributed by atoms with Crippen molar-refractivity contribution in [2.45, 2.75) is 50.5 Å². The second-order valence-corrected chi connectivity index (χ2v) is 6.26. The van der Waals surface area contributed by atoms with Gasteiger partial charge in [-0.3, -0.25) is 0 Å². The van der Waals surface area contributed by atoms with Gasteiger partial charge in [0.15, 0.2) is 0 Å². The second-order valence-electron chi connectivity index (χ2n) is 5.86. The highest BCUT2D eigenvalue weighted by Gasteiger charge is 2.37. The minimum absolute atomic E-state index is 0.00412. The SMILES string of the molecule is O=C(NC1CCCCC1)N(S)c1cc(C(F)(F)F)cc(C(F)(F)F)c1. The number of rotatable bonds is 2. The van der Waals surface area contributed by atoms with Gasteiger partial charge >= 0.3 is 18.4 Å². The molecule has 0 heterocycles. The van der Waals surface area contributed by atoms with Gasteiger partial charge in [-0.05, 0) is 31.0 Å². The molecule has 140 valence electrons. The molecule has 10 heteroatoms. The Kier molecular flexibility index (Phi) is 5.80. The summed E-state index contributed by atoms with van der Waals surface area (Å²) < 4.78 is 77.6. The van der Waals surface area contributed by atoms with Crippen LogP contribution in [0, 0.1) is 0 Å². The van der Waals surface area contributed by atoms with Crippen LogP contribution in [0.25, 0.3) is 0 Å². The number of alkyl halides is 6. The van der Waals surface area contributed by atoms with E-state index in [2.05, 4.69) is 18.1 Å². The number of hydrogen-bond donors (Lipinski definition) is 2. The van der Waals surface area contributed by atoms with E-state index in [0.29, 0.717) is 29.3 Å². The molecule has 1 aromatic carbocycles. The van der Waals surface area contributed by atoms with Gasteiger partial charge in [0.05, 0.1) is 16.8 Å². The lowest BCUT2D eigenvalue weighted by Crippen LogP contribution is -2.42. The average Bonchev–Trinajstić information content (AvgIpc) is 2.53. The summed E-state index contributed by atoms with van der Waals surface area (Å²) >= 11 is 3.79. The van der Waals surface area contributed by atoms with Crippen LogP contribution in [0.4, 0.5) is 36.8 Å². The summed E-state index contributed by atoms with van der Waals surface area (Å²) in [5.41, 5.74) is -3.59. The first-order valence-corrected chi connectivity index (χ1v) is 7.97. The largest absolute Gasteiger partial charge is 0.416 e. The Morgan fingerprint density at radius 1 is 0.960 bits per heavy atom. The number of halogens is 6. The summed E-state index contributed by atoms with van der Waals surface area (Å²) in [5.74, 6) is 0. The number of nitrogens with one attached hydrogen (secondary N) is 1. The third kappa shape index (κ3) is 5.20. The molecule has 1 aliphatic rings. The molecule has 1 saturated carbocycles. The number of thiol groups is 1. The Balaban J connectivity index is 2.27. The molecule has 1 fully saturated rings. The molecule has 0 aromatic heterocycles. The van der Waals surface area contributed by atoms with Gasteiger partial charge in [0.1, 0.15) is 0 Å². The highest BCUT2D eigenvalue weighted by Crippen LogP contribution is 2.38. The molecule has 0 unspecified atom stereocenters. The lowest BCUT2D eigenvalue weighted by Gasteiger charge is -2.26. The number of carbonyl (C=O) groups is 1. The Bertz CT molecular complexity index is 593. The Hall–Kier alpha value is -1.58. The van der Waals surface area contributed by atoms with Crippen LogP contribution < -0.4 is 9.62 Å². The molecular weight excluding hydrogens is 370 g/mol. The molecule has 2 amide bonds. The average molecular weight is 386 g/mol. The van der Waals surface area contributed by atoms with Crippen LogP contribution in [-0.2, 0) is 12.4 Å². The zero-order chi connectivity index (χ0) is 18.8. The first-order chi connectivity index (χ1) is 11.5. The van der Waals surface area contributed by atoms with Gasteiger partial charge in [-0.1, -0.05) is 32.1 Å². The maximum absolute atomic E-state index is 12.9. The molecule has 0 radical (unpaired) electrons. The van der Waals surface area contributed by atoms with Crippen molar-refractivity contribution < 1.29 is 31.1 Å². The highest BCUT2D eigenvalue weighted by atomic mass is 32.1. The molecule has 25 heavy (non-hydrogen) atoms. The fourth-order valence-electron chi connectivity index (χ4n) is 2.66. The molecule has 0 bridgehead atoms. The molecular formula is C15H16F6N2OS. The van der Waals surface area contributed by atoms with Crippen LogP contribution in [0.2, 0.25) is 0 Å². The lowest BCUT2D eigenvalue weighted by molar-refractivity contribution is -0.143. The maximum Gasteiger partial charge on any atom is 0.416 e. The van der Waals surface area contributed by atoms with E-state index in [1.165, 1.54) is 0 Å². The van der Waals surface area contributed by atoms with Crippen molar-refractivity contribution in [3.05, 3.63) is 29.3 Å². The van der Waals surface area contributed by atoms with E-state index in [0.717, 1.165) is 19.3 Å². The molecule has 1 aliphatic carbocycles. The van der Waals surface area contributed by atoms with Crippen molar-refractivity contribution in [1.29, 1.82) is 0 Å². The molecule has 0 saturated heterocycles. The number of hydrogen-bond acceptors (Lipinski definition) is 2. The summed E-state index contributed by atoms with van der Waals surface area (Å²) in [7, 11) is 0. The number of nitrogens with zero attached hydrogens (tertiary/aromatic N) is 1. The van der Waals surface area contributed by atoms with Crippen molar-refractivity contribution in [2.24, 2.45) is 0 Å². The van der Waals surface area contributed by atoms with Crippen LogP contribution in [0.15, 0.2) is 18.2 Å². The van der Waals surface area contributed by atoms with Gasteiger partial charge in [-0.25, -0.2) is 9.10 Å². The zero-order valence-corrected chi connectivity index (χ0v) is 13.8. The summed E-state index contributed by atoms with van der Waals surface area (Å²) in [6, 6.07) is -0.0957. The van der Waals surface area contributed by atoms with Gasteiger partial charge in [-0.15, -0.1) is 0 Å². The molecule has 2 rings (SSSR count). The number of anilines is 1. The zero-order valence-electron chi connectivity index (χ0n) is 12.9. The lowest BCUT2D eigenvalue weighted by atomic mass is 9.96. The third-order valence-corrected chi connectivity index (χ3v) is 4.35. The maximum atomic E-state index is 12.9. The predicted molar refractivity (Wildman–Crippen MR) is 83.3 cm³/mol. The number of amides is 2. The first kappa shape index (κ1) is 19.7. The monoisotopic (exact) mass is 386 g/mol. The number of benzene rings is 1. The topological polar surface area (TPSA) is 32.3 Å². The first-order valence-electron chi connectivity index (χ1n) is 7.57. The third-order valence-electron chi connectivity index (χ3n) is 3.94. The van der Waals surface area contributed by atoms with Crippen LogP contribution in [0.3, 0.4) is 0 Å². The molecule has 0 atom stereocenters. The fourth-order valence-corrected chi connectivity index (χ4v) is 2.83. The molecule has 0 aliphatic heterocycles. The fraction of sp³-hybridized carbons (Fsp3) is 0.533. The normalized spacial score (nSPS) is 16.6. The van der Waals surface area contributed by atoms with Crippen molar-refractivity contribution in [3.63, 3.8) is 0 Å². The van der Waals surface area contributed by atoms with Crippen LogP contribution >= 0.6 is 12.8 Å². The van der Waals surface area contributed by atoms with Crippen molar-refractivity contribution in [1.82, 2.24) is 5.32 Å². The van der Waals surface area contributed by atoms with Gasteiger partial charge in [0, 0.05) is 6.04 Å². The van der Waals surface area contributed by atoms with E-state index in [1.54, 1.807) is 0 Å². The number of urea groups is 1. The van der Waals surface area contributed by atoms with E-state index < -0.39 is 35.2 Å². The summed E-state index contributed by atoms with van der Waals surface area (Å²) in [4.78, 5) is 12.1. The van der Waals surface area contributed by atoms with Crippen LogP contribution in [-0.4, -0.2) is 12.1 Å². The van der Waals surface area contributed by atoms with Gasteiger partial charge in [0.25, 0.3) is 0 Å². The van der Waals surface area contributed by atoms with Crippen LogP contribution in [0.5, 0.6) is 0 Å². The standard InChI is InChI=1S/C15H16F6N2OS/c16-14(17,18)9-6-10(15(19,20)21)8-12(7-9)23(25)13(24)22-11-4-2-1-3-5-11/h6-8,11,25H,1-5H2,(H,22,24). The van der Waals surface area contributed by atoms with Gasteiger partial charge in [-0.2, -0.15) is 26.3 Å². The molecule has 0 spiro atoms. The minimum Gasteiger partial charge on any atom is -0.334 e. The van der Waals surface area contributed by atoms with Crippen LogP contribution in [0.1, 0.15) is 43.2 Å². The summed E-state index contributed by atoms with van der Waals surface area (Å²) in [6.07, 6.45) is -5.71. The van der Waals surface area contributed by atoms with Gasteiger partial charge in [0.2, 0.25) is 0 Å². The van der Waals surface area contributed by atoms with E-state index in [1.807, 2.05) is 0 Å². The van der Waals surface area contributed by atoms with Crippen molar-refractivity contribution >= 4 is 24.5 Å². The molecule has 1 aromatic rings. The van der Waals surface area contributed by atoms with E-state index in [9.17, 15) is 31.1 Å². The van der Waals surface area contributed by atoms with E-state index in [-0.39, 0.29) is 12.1 Å². The number of carbonyl (C=O) groups excluding carboxylic acids is 1. The van der Waals surface area contributed by atoms with Gasteiger partial charge < -0.3 is 5.32 Å². The molecule has 1 N–H and O–H groups in total. The Morgan fingerprint density at radius 2 is 1.44 bits per heavy atom. The Morgan fingerprint density at radius 3 is 1.88 bits per heavy atom. The quantitative estimate of drug-likeness (QED) is 0.516. The van der Waals surface area contributed by atoms with E-state index >= 15 is 0 Å². The summed E-state index contributed by atoms with van der Waals surface area (Å²) in [6.45, 7) is 0. The highest BCUT2D eigenvalue weighted by molar-refractivity contribution is 7.82. The smallest absolute Gasteiger partial charge is 0.334 e. The van der Waals surface area contributed by atoms with Crippen molar-refractivity contribution in [3.8, 4) is 0 Å².